The third-order valence-corrected chi connectivity index (χ3v) is 9.79. The summed E-state index contributed by atoms with van der Waals surface area (Å²) in [5, 5.41) is 4.92. The lowest BCUT2D eigenvalue weighted by molar-refractivity contribution is 0.661. The predicted octanol–water partition coefficient (Wildman–Crippen LogP) is 11.2. The summed E-state index contributed by atoms with van der Waals surface area (Å²) in [6.07, 6.45) is 3.65. The average Bonchev–Trinajstić information content (AvgIpc) is 3.36. The third kappa shape index (κ3) is 4.54. The lowest BCUT2D eigenvalue weighted by Crippen LogP contribution is -2.14. The SMILES string of the molecule is CC1(C)c2ccccc2-c2cc3c(ccc4ccc(-c5nc(-c6ccccc6)cc(-c6ccc(-c7ccncc7)cc6)n5)cc43)cc21. The highest BCUT2D eigenvalue weighted by Crippen LogP contribution is 2.50. The number of aromatic nitrogens is 3. The van der Waals surface area contributed by atoms with Crippen LogP contribution in [-0.2, 0) is 5.41 Å². The summed E-state index contributed by atoms with van der Waals surface area (Å²) in [7, 11) is 0. The summed E-state index contributed by atoms with van der Waals surface area (Å²) in [4.78, 5) is 14.5. The first-order valence-electron chi connectivity index (χ1n) is 16.1. The van der Waals surface area contributed by atoms with Crippen molar-refractivity contribution in [2.24, 2.45) is 0 Å². The second-order valence-electron chi connectivity index (χ2n) is 12.9. The van der Waals surface area contributed by atoms with Crippen molar-refractivity contribution in [3.63, 3.8) is 0 Å². The van der Waals surface area contributed by atoms with Crippen molar-refractivity contribution < 1.29 is 0 Å². The molecule has 0 saturated carbocycles. The van der Waals surface area contributed by atoms with Gasteiger partial charge in [-0.3, -0.25) is 4.98 Å². The van der Waals surface area contributed by atoms with Crippen molar-refractivity contribution in [3.05, 3.63) is 163 Å². The van der Waals surface area contributed by atoms with E-state index in [0.717, 1.165) is 39.2 Å². The molecule has 0 aliphatic heterocycles. The van der Waals surface area contributed by atoms with E-state index in [4.69, 9.17) is 9.97 Å². The quantitative estimate of drug-likeness (QED) is 0.188. The first-order chi connectivity index (χ1) is 23.0. The molecule has 3 nitrogen and oxygen atoms in total. The molecule has 222 valence electrons. The molecule has 0 saturated heterocycles. The van der Waals surface area contributed by atoms with Crippen molar-refractivity contribution in [2.45, 2.75) is 19.3 Å². The van der Waals surface area contributed by atoms with E-state index >= 15 is 0 Å². The fourth-order valence-electron chi connectivity index (χ4n) is 7.25. The van der Waals surface area contributed by atoms with Gasteiger partial charge in [0.25, 0.3) is 0 Å². The number of fused-ring (bicyclic) bond motifs is 6. The maximum atomic E-state index is 5.17. The van der Waals surface area contributed by atoms with Gasteiger partial charge in [0.1, 0.15) is 0 Å². The Balaban J connectivity index is 1.21. The molecule has 9 rings (SSSR count). The minimum Gasteiger partial charge on any atom is -0.265 e. The smallest absolute Gasteiger partial charge is 0.160 e. The Bertz CT molecular complexity index is 2460. The molecule has 0 N–H and O–H groups in total. The normalized spacial score (nSPS) is 13.1. The van der Waals surface area contributed by atoms with Crippen LogP contribution in [0.25, 0.3) is 77.7 Å². The van der Waals surface area contributed by atoms with Crippen molar-refractivity contribution in [1.29, 1.82) is 0 Å². The molecule has 0 unspecified atom stereocenters. The van der Waals surface area contributed by atoms with E-state index in [1.54, 1.807) is 0 Å². The van der Waals surface area contributed by atoms with Gasteiger partial charge < -0.3 is 0 Å². The van der Waals surface area contributed by atoms with Crippen LogP contribution in [0.3, 0.4) is 0 Å². The molecule has 0 atom stereocenters. The van der Waals surface area contributed by atoms with Crippen LogP contribution in [0.1, 0.15) is 25.0 Å². The van der Waals surface area contributed by atoms with E-state index in [0.29, 0.717) is 5.82 Å². The number of benzene rings is 6. The molecule has 1 aliphatic rings. The van der Waals surface area contributed by atoms with Crippen LogP contribution in [-0.4, -0.2) is 15.0 Å². The van der Waals surface area contributed by atoms with Gasteiger partial charge in [0, 0.05) is 34.5 Å². The van der Waals surface area contributed by atoms with E-state index in [9.17, 15) is 0 Å². The zero-order valence-electron chi connectivity index (χ0n) is 26.3. The Morgan fingerprint density at radius 1 is 0.426 bits per heavy atom. The molecule has 2 aromatic heterocycles. The molecule has 0 amide bonds. The van der Waals surface area contributed by atoms with Crippen LogP contribution in [0.4, 0.5) is 0 Å². The Morgan fingerprint density at radius 3 is 1.81 bits per heavy atom. The maximum Gasteiger partial charge on any atom is 0.160 e. The molecule has 2 heterocycles. The van der Waals surface area contributed by atoms with Crippen molar-refractivity contribution >= 4 is 21.5 Å². The van der Waals surface area contributed by atoms with Gasteiger partial charge in [-0.15, -0.1) is 0 Å². The molecule has 3 heteroatoms. The molecule has 0 spiro atoms. The Morgan fingerprint density at radius 2 is 1.02 bits per heavy atom. The van der Waals surface area contributed by atoms with Crippen LogP contribution < -0.4 is 0 Å². The lowest BCUT2D eigenvalue weighted by Gasteiger charge is -2.21. The van der Waals surface area contributed by atoms with E-state index < -0.39 is 0 Å². The summed E-state index contributed by atoms with van der Waals surface area (Å²) >= 11 is 0. The standard InChI is InChI=1S/C44H31N3/c1-44(2)39-11-7-6-10-35(39)38-26-37-33(25-40(38)44)18-14-30-15-19-34(24-36(30)37)43-46-41(31-8-4-3-5-9-31)27-42(47-43)32-16-12-28(13-17-32)29-20-22-45-23-21-29/h3-27H,1-2H3. The Kier molecular flexibility index (Phi) is 6.16. The highest BCUT2D eigenvalue weighted by atomic mass is 14.9. The second kappa shape index (κ2) is 10.6. The predicted molar refractivity (Wildman–Crippen MR) is 194 cm³/mol. The van der Waals surface area contributed by atoms with Crippen LogP contribution >= 0.6 is 0 Å². The van der Waals surface area contributed by atoms with Gasteiger partial charge in [-0.1, -0.05) is 117 Å². The van der Waals surface area contributed by atoms with Gasteiger partial charge in [-0.05, 0) is 91.3 Å². The molecule has 6 aromatic carbocycles. The summed E-state index contributed by atoms with van der Waals surface area (Å²) in [5.41, 5.74) is 12.6. The number of pyridine rings is 1. The topological polar surface area (TPSA) is 38.7 Å². The first-order valence-corrected chi connectivity index (χ1v) is 16.1. The molecular formula is C44H31N3. The summed E-state index contributed by atoms with van der Waals surface area (Å²) < 4.78 is 0. The lowest BCUT2D eigenvalue weighted by atomic mass is 9.81. The maximum absolute atomic E-state index is 5.17. The minimum absolute atomic E-state index is 0.0322. The fourth-order valence-corrected chi connectivity index (χ4v) is 7.25. The zero-order chi connectivity index (χ0) is 31.5. The third-order valence-electron chi connectivity index (χ3n) is 9.79. The molecule has 47 heavy (non-hydrogen) atoms. The van der Waals surface area contributed by atoms with Gasteiger partial charge >= 0.3 is 0 Å². The van der Waals surface area contributed by atoms with Gasteiger partial charge in [0.2, 0.25) is 0 Å². The van der Waals surface area contributed by atoms with Crippen LogP contribution in [0.5, 0.6) is 0 Å². The Labute approximate surface area is 274 Å². The minimum atomic E-state index is -0.0322. The fraction of sp³-hybridized carbons (Fsp3) is 0.0682. The van der Waals surface area contributed by atoms with Crippen LogP contribution in [0.2, 0.25) is 0 Å². The monoisotopic (exact) mass is 601 g/mol. The summed E-state index contributed by atoms with van der Waals surface area (Å²) in [6, 6.07) is 49.9. The van der Waals surface area contributed by atoms with E-state index in [1.807, 2.05) is 30.6 Å². The summed E-state index contributed by atoms with van der Waals surface area (Å²) in [5.74, 6) is 0.714. The van der Waals surface area contributed by atoms with Gasteiger partial charge in [-0.2, -0.15) is 0 Å². The van der Waals surface area contributed by atoms with Gasteiger partial charge in [0.15, 0.2) is 5.82 Å². The molecular weight excluding hydrogens is 571 g/mol. The average molecular weight is 602 g/mol. The summed E-state index contributed by atoms with van der Waals surface area (Å²) in [6.45, 7) is 4.67. The van der Waals surface area contributed by atoms with E-state index in [-0.39, 0.29) is 5.41 Å². The Hall–Kier alpha value is -5.93. The van der Waals surface area contributed by atoms with Crippen molar-refractivity contribution in [2.75, 3.05) is 0 Å². The number of hydrogen-bond acceptors (Lipinski definition) is 3. The number of rotatable bonds is 4. The van der Waals surface area contributed by atoms with Crippen LogP contribution in [0, 0.1) is 0 Å². The number of hydrogen-bond donors (Lipinski definition) is 0. The van der Waals surface area contributed by atoms with E-state index in [1.165, 1.54) is 43.8 Å². The second-order valence-corrected chi connectivity index (χ2v) is 12.9. The number of nitrogens with zero attached hydrogens (tertiary/aromatic N) is 3. The highest BCUT2D eigenvalue weighted by Gasteiger charge is 2.35. The highest BCUT2D eigenvalue weighted by molar-refractivity contribution is 6.11. The van der Waals surface area contributed by atoms with Gasteiger partial charge in [-0.25, -0.2) is 9.97 Å². The zero-order valence-corrected chi connectivity index (χ0v) is 26.3. The van der Waals surface area contributed by atoms with Crippen molar-refractivity contribution in [1.82, 2.24) is 15.0 Å². The molecule has 0 radical (unpaired) electrons. The molecule has 8 aromatic rings. The molecule has 0 bridgehead atoms. The van der Waals surface area contributed by atoms with E-state index in [2.05, 4.69) is 140 Å². The molecule has 1 aliphatic carbocycles. The largest absolute Gasteiger partial charge is 0.265 e. The first kappa shape index (κ1) is 27.4. The van der Waals surface area contributed by atoms with Gasteiger partial charge in [0.05, 0.1) is 11.4 Å². The molecule has 0 fully saturated rings. The van der Waals surface area contributed by atoms with Crippen molar-refractivity contribution in [3.8, 4) is 56.2 Å². The van der Waals surface area contributed by atoms with Crippen LogP contribution in [0.15, 0.2) is 152 Å².